The summed E-state index contributed by atoms with van der Waals surface area (Å²) in [4.78, 5) is 2.73. The van der Waals surface area contributed by atoms with Gasteiger partial charge in [0.1, 0.15) is 0 Å². The van der Waals surface area contributed by atoms with Crippen LogP contribution in [0, 0.1) is 5.92 Å². The van der Waals surface area contributed by atoms with Crippen molar-refractivity contribution in [2.75, 3.05) is 32.7 Å². The number of rotatable bonds is 4. The number of hydrogen-bond donors (Lipinski definition) is 0. The lowest BCUT2D eigenvalue weighted by molar-refractivity contribution is 0.161. The number of benzene rings is 1. The van der Waals surface area contributed by atoms with Crippen LogP contribution in [0.3, 0.4) is 0 Å². The van der Waals surface area contributed by atoms with E-state index in [0.717, 1.165) is 32.0 Å². The Labute approximate surface area is 143 Å². The number of sulfonamides is 1. The third-order valence-electron chi connectivity index (χ3n) is 4.68. The average Bonchev–Trinajstić information content (AvgIpc) is 2.57. The lowest BCUT2D eigenvalue weighted by Crippen LogP contribution is -2.49. The van der Waals surface area contributed by atoms with Gasteiger partial charge in [-0.05, 0) is 49.4 Å². The van der Waals surface area contributed by atoms with Gasteiger partial charge < -0.3 is 4.90 Å². The monoisotopic (exact) mass is 354 g/mol. The van der Waals surface area contributed by atoms with Gasteiger partial charge in [0.25, 0.3) is 0 Å². The summed E-state index contributed by atoms with van der Waals surface area (Å²) in [5, 5.41) is 0.551. The van der Waals surface area contributed by atoms with Crippen LogP contribution >= 0.6 is 11.6 Å². The molecule has 0 saturated carbocycles. The third-order valence-corrected chi connectivity index (χ3v) is 6.84. The van der Waals surface area contributed by atoms with Gasteiger partial charge in [-0.15, -0.1) is 0 Å². The van der Waals surface area contributed by atoms with Gasteiger partial charge in [-0.2, -0.15) is 4.31 Å². The fourth-order valence-electron chi connectivity index (χ4n) is 3.30. The molecule has 1 aromatic carbocycles. The van der Waals surface area contributed by atoms with Gasteiger partial charge >= 0.3 is 0 Å². The summed E-state index contributed by atoms with van der Waals surface area (Å²) < 4.78 is 26.9. The van der Waals surface area contributed by atoms with Crippen molar-refractivity contribution in [1.82, 2.24) is 9.21 Å². The Morgan fingerprint density at radius 2 is 1.74 bits per heavy atom. The van der Waals surface area contributed by atoms with E-state index in [2.05, 4.69) is 17.1 Å². The predicted molar refractivity (Wildman–Crippen MR) is 93.1 cm³/mol. The van der Waals surface area contributed by atoms with Crippen LogP contribution in [0.15, 0.2) is 41.3 Å². The summed E-state index contributed by atoms with van der Waals surface area (Å²) in [5.74, 6) is 0.722. The largest absolute Gasteiger partial charge is 0.300 e. The van der Waals surface area contributed by atoms with E-state index in [0.29, 0.717) is 23.0 Å². The highest BCUT2D eigenvalue weighted by Crippen LogP contribution is 2.22. The molecule has 2 aliphatic rings. The fourth-order valence-corrected chi connectivity index (χ4v) is 4.84. The maximum Gasteiger partial charge on any atom is 0.243 e. The van der Waals surface area contributed by atoms with Crippen LogP contribution in [0.25, 0.3) is 0 Å². The van der Waals surface area contributed by atoms with E-state index in [9.17, 15) is 8.42 Å². The van der Waals surface area contributed by atoms with Crippen molar-refractivity contribution in [2.24, 2.45) is 5.92 Å². The number of piperazine rings is 1. The molecule has 0 spiro atoms. The number of halogens is 1. The van der Waals surface area contributed by atoms with E-state index in [1.165, 1.54) is 12.8 Å². The SMILES string of the molecule is O=S(=O)(c1ccc(Cl)cc1)N1CCN(C[C@H]2CC=CCC2)CC1. The molecule has 23 heavy (non-hydrogen) atoms. The van der Waals surface area contributed by atoms with E-state index in [-0.39, 0.29) is 0 Å². The second-order valence-electron chi connectivity index (χ2n) is 6.31. The maximum absolute atomic E-state index is 12.7. The predicted octanol–water partition coefficient (Wildman–Crippen LogP) is 3.00. The second kappa shape index (κ2) is 7.34. The zero-order chi connectivity index (χ0) is 16.3. The number of nitrogens with zero attached hydrogens (tertiary/aromatic N) is 2. The van der Waals surface area contributed by atoms with Crippen molar-refractivity contribution < 1.29 is 8.42 Å². The Morgan fingerprint density at radius 3 is 2.35 bits per heavy atom. The first-order chi connectivity index (χ1) is 11.1. The molecule has 6 heteroatoms. The molecule has 1 atom stereocenters. The van der Waals surface area contributed by atoms with E-state index < -0.39 is 10.0 Å². The molecule has 1 aromatic rings. The molecule has 1 fully saturated rings. The van der Waals surface area contributed by atoms with Crippen LogP contribution in [-0.2, 0) is 10.0 Å². The van der Waals surface area contributed by atoms with Crippen LogP contribution in [0.2, 0.25) is 5.02 Å². The van der Waals surface area contributed by atoms with Crippen molar-refractivity contribution in [1.29, 1.82) is 0 Å². The van der Waals surface area contributed by atoms with Crippen molar-refractivity contribution >= 4 is 21.6 Å². The van der Waals surface area contributed by atoms with Crippen LogP contribution in [-0.4, -0.2) is 50.3 Å². The Balaban J connectivity index is 1.57. The molecule has 1 aliphatic carbocycles. The smallest absolute Gasteiger partial charge is 0.243 e. The quantitative estimate of drug-likeness (QED) is 0.780. The van der Waals surface area contributed by atoms with E-state index >= 15 is 0 Å². The maximum atomic E-state index is 12.7. The van der Waals surface area contributed by atoms with Gasteiger partial charge in [0.05, 0.1) is 4.90 Å². The molecular weight excluding hydrogens is 332 g/mol. The van der Waals surface area contributed by atoms with E-state index in [1.54, 1.807) is 28.6 Å². The minimum absolute atomic E-state index is 0.327. The topological polar surface area (TPSA) is 40.6 Å². The molecule has 0 amide bonds. The molecule has 1 saturated heterocycles. The highest BCUT2D eigenvalue weighted by Gasteiger charge is 2.29. The van der Waals surface area contributed by atoms with Gasteiger partial charge in [-0.3, -0.25) is 0 Å². The van der Waals surface area contributed by atoms with Crippen molar-refractivity contribution in [3.8, 4) is 0 Å². The molecule has 0 aromatic heterocycles. The van der Waals surface area contributed by atoms with Crippen LogP contribution in [0.5, 0.6) is 0 Å². The summed E-state index contributed by atoms with van der Waals surface area (Å²) in [7, 11) is -3.40. The lowest BCUT2D eigenvalue weighted by Gasteiger charge is -2.36. The number of hydrogen-bond acceptors (Lipinski definition) is 3. The minimum Gasteiger partial charge on any atom is -0.300 e. The van der Waals surface area contributed by atoms with Gasteiger partial charge in [-0.25, -0.2) is 8.42 Å². The molecule has 126 valence electrons. The fraction of sp³-hybridized carbons (Fsp3) is 0.529. The lowest BCUT2D eigenvalue weighted by atomic mass is 9.94. The molecule has 1 heterocycles. The van der Waals surface area contributed by atoms with E-state index in [4.69, 9.17) is 11.6 Å². The molecule has 0 bridgehead atoms. The highest BCUT2D eigenvalue weighted by atomic mass is 35.5. The minimum atomic E-state index is -3.40. The highest BCUT2D eigenvalue weighted by molar-refractivity contribution is 7.89. The molecule has 1 aliphatic heterocycles. The Kier molecular flexibility index (Phi) is 5.42. The van der Waals surface area contributed by atoms with Gasteiger partial charge in [0.15, 0.2) is 0 Å². The third kappa shape index (κ3) is 4.15. The normalized spacial score (nSPS) is 24.0. The van der Waals surface area contributed by atoms with E-state index in [1.807, 2.05) is 0 Å². The summed E-state index contributed by atoms with van der Waals surface area (Å²) >= 11 is 5.84. The standard InChI is InChI=1S/C17H23ClN2O2S/c18-16-6-8-17(9-7-16)23(21,22)20-12-10-19(11-13-20)14-15-4-2-1-3-5-15/h1-2,6-9,15H,3-5,10-14H2/t15-/m0/s1. The average molecular weight is 355 g/mol. The summed E-state index contributed by atoms with van der Waals surface area (Å²) in [5.41, 5.74) is 0. The zero-order valence-corrected chi connectivity index (χ0v) is 14.8. The Hall–Kier alpha value is -0.880. The Morgan fingerprint density at radius 1 is 1.04 bits per heavy atom. The van der Waals surface area contributed by atoms with Gasteiger partial charge in [0, 0.05) is 37.7 Å². The molecule has 3 rings (SSSR count). The number of allylic oxidation sites excluding steroid dienone is 2. The Bertz CT molecular complexity index is 650. The summed E-state index contributed by atoms with van der Waals surface area (Å²) in [6.07, 6.45) is 8.11. The summed E-state index contributed by atoms with van der Waals surface area (Å²) in [6, 6.07) is 6.42. The second-order valence-corrected chi connectivity index (χ2v) is 8.68. The molecule has 0 radical (unpaired) electrons. The molecule has 4 nitrogen and oxygen atoms in total. The molecule has 0 unspecified atom stereocenters. The van der Waals surface area contributed by atoms with Gasteiger partial charge in [-0.1, -0.05) is 23.8 Å². The molecular formula is C17H23ClN2O2S. The zero-order valence-electron chi connectivity index (χ0n) is 13.2. The molecule has 0 N–H and O–H groups in total. The first-order valence-corrected chi connectivity index (χ1v) is 10.0. The van der Waals surface area contributed by atoms with Crippen molar-refractivity contribution in [3.05, 3.63) is 41.4 Å². The van der Waals surface area contributed by atoms with Crippen LogP contribution < -0.4 is 0 Å². The van der Waals surface area contributed by atoms with Crippen molar-refractivity contribution in [3.63, 3.8) is 0 Å². The first kappa shape index (κ1) is 17.0. The first-order valence-electron chi connectivity index (χ1n) is 8.19. The van der Waals surface area contributed by atoms with Crippen molar-refractivity contribution in [2.45, 2.75) is 24.2 Å². The van der Waals surface area contributed by atoms with Crippen LogP contribution in [0.1, 0.15) is 19.3 Å². The van der Waals surface area contributed by atoms with Gasteiger partial charge in [0.2, 0.25) is 10.0 Å². The van der Waals surface area contributed by atoms with Crippen LogP contribution in [0.4, 0.5) is 0 Å². The summed E-state index contributed by atoms with van der Waals surface area (Å²) in [6.45, 7) is 3.83.